The second kappa shape index (κ2) is 7.82. The SMILES string of the molecule is CCCCCNc1ncccc1C(=O)CCC. The number of pyridine rings is 1. The molecule has 1 N–H and O–H groups in total. The molecule has 0 aliphatic heterocycles. The molecule has 1 rings (SSSR count). The Morgan fingerprint density at radius 2 is 2.12 bits per heavy atom. The number of anilines is 1. The summed E-state index contributed by atoms with van der Waals surface area (Å²) in [5.74, 6) is 0.917. The molecule has 94 valence electrons. The van der Waals surface area contributed by atoms with E-state index in [0.717, 1.165) is 30.8 Å². The highest BCUT2D eigenvalue weighted by molar-refractivity contribution is 6.00. The Kier molecular flexibility index (Phi) is 6.30. The van der Waals surface area contributed by atoms with E-state index < -0.39 is 0 Å². The highest BCUT2D eigenvalue weighted by Crippen LogP contribution is 2.14. The quantitative estimate of drug-likeness (QED) is 0.551. The zero-order valence-corrected chi connectivity index (χ0v) is 10.8. The number of hydrogen-bond acceptors (Lipinski definition) is 3. The van der Waals surface area contributed by atoms with E-state index >= 15 is 0 Å². The van der Waals surface area contributed by atoms with E-state index in [2.05, 4.69) is 17.2 Å². The number of carbonyl (C=O) groups excluding carboxylic acids is 1. The average molecular weight is 234 g/mol. The van der Waals surface area contributed by atoms with Crippen LogP contribution in [-0.4, -0.2) is 17.3 Å². The van der Waals surface area contributed by atoms with Crippen LogP contribution < -0.4 is 5.32 Å². The predicted molar refractivity (Wildman–Crippen MR) is 71.5 cm³/mol. The molecular formula is C14H22N2O. The molecule has 3 nitrogen and oxygen atoms in total. The maximum Gasteiger partial charge on any atom is 0.166 e. The number of carbonyl (C=O) groups is 1. The summed E-state index contributed by atoms with van der Waals surface area (Å²) in [5, 5.41) is 3.26. The summed E-state index contributed by atoms with van der Waals surface area (Å²) in [6, 6.07) is 3.67. The fourth-order valence-corrected chi connectivity index (χ4v) is 1.71. The van der Waals surface area contributed by atoms with E-state index in [1.54, 1.807) is 6.20 Å². The van der Waals surface area contributed by atoms with Crippen molar-refractivity contribution >= 4 is 11.6 Å². The van der Waals surface area contributed by atoms with Crippen LogP contribution in [0.15, 0.2) is 18.3 Å². The molecule has 0 saturated carbocycles. The number of nitrogens with zero attached hydrogens (tertiary/aromatic N) is 1. The lowest BCUT2D eigenvalue weighted by atomic mass is 10.1. The number of Topliss-reactive ketones (excluding diaryl/α,β-unsaturated/α-hetero) is 1. The molecule has 1 aromatic rings. The first-order valence-electron chi connectivity index (χ1n) is 6.51. The van der Waals surface area contributed by atoms with Gasteiger partial charge in [-0.3, -0.25) is 4.79 Å². The topological polar surface area (TPSA) is 42.0 Å². The average Bonchev–Trinajstić information content (AvgIpc) is 2.35. The highest BCUT2D eigenvalue weighted by atomic mass is 16.1. The van der Waals surface area contributed by atoms with Crippen LogP contribution in [0.4, 0.5) is 5.82 Å². The van der Waals surface area contributed by atoms with Gasteiger partial charge in [-0.2, -0.15) is 0 Å². The van der Waals surface area contributed by atoms with Crippen LogP contribution in [0.5, 0.6) is 0 Å². The van der Waals surface area contributed by atoms with Crippen LogP contribution in [-0.2, 0) is 0 Å². The Balaban J connectivity index is 2.61. The molecule has 0 spiro atoms. The lowest BCUT2D eigenvalue weighted by Gasteiger charge is -2.09. The van der Waals surface area contributed by atoms with Crippen molar-refractivity contribution in [1.29, 1.82) is 0 Å². The van der Waals surface area contributed by atoms with Crippen LogP contribution in [0, 0.1) is 0 Å². The third kappa shape index (κ3) is 4.55. The Bertz CT molecular complexity index is 350. The fourth-order valence-electron chi connectivity index (χ4n) is 1.71. The van der Waals surface area contributed by atoms with Crippen LogP contribution in [0.1, 0.15) is 56.3 Å². The Hall–Kier alpha value is -1.38. The Morgan fingerprint density at radius 3 is 2.82 bits per heavy atom. The number of nitrogens with one attached hydrogen (secondary N) is 1. The van der Waals surface area contributed by atoms with Gasteiger partial charge in [0.2, 0.25) is 0 Å². The molecule has 0 aliphatic rings. The largest absolute Gasteiger partial charge is 0.369 e. The lowest BCUT2D eigenvalue weighted by molar-refractivity contribution is 0.0982. The van der Waals surface area contributed by atoms with Gasteiger partial charge in [-0.1, -0.05) is 26.7 Å². The van der Waals surface area contributed by atoms with Gasteiger partial charge >= 0.3 is 0 Å². The van der Waals surface area contributed by atoms with Crippen molar-refractivity contribution in [2.75, 3.05) is 11.9 Å². The smallest absolute Gasteiger partial charge is 0.166 e. The Morgan fingerprint density at radius 1 is 1.29 bits per heavy atom. The third-order valence-electron chi connectivity index (χ3n) is 2.66. The van der Waals surface area contributed by atoms with Crippen molar-refractivity contribution in [3.8, 4) is 0 Å². The van der Waals surface area contributed by atoms with Crippen LogP contribution in [0.2, 0.25) is 0 Å². The van der Waals surface area contributed by atoms with E-state index in [0.29, 0.717) is 6.42 Å². The van der Waals surface area contributed by atoms with E-state index in [9.17, 15) is 4.79 Å². The second-order valence-electron chi connectivity index (χ2n) is 4.21. The minimum absolute atomic E-state index is 0.179. The van der Waals surface area contributed by atoms with Crippen LogP contribution in [0.3, 0.4) is 0 Å². The summed E-state index contributed by atoms with van der Waals surface area (Å²) in [4.78, 5) is 16.1. The summed E-state index contributed by atoms with van der Waals surface area (Å²) in [7, 11) is 0. The van der Waals surface area contributed by atoms with Crippen molar-refractivity contribution in [2.45, 2.75) is 46.0 Å². The molecule has 0 atom stereocenters. The van der Waals surface area contributed by atoms with Crippen molar-refractivity contribution in [3.05, 3.63) is 23.9 Å². The normalized spacial score (nSPS) is 10.2. The number of hydrogen-bond donors (Lipinski definition) is 1. The number of unbranched alkanes of at least 4 members (excludes halogenated alkanes) is 2. The van der Waals surface area contributed by atoms with Gasteiger partial charge in [0.15, 0.2) is 5.78 Å². The summed E-state index contributed by atoms with van der Waals surface area (Å²) in [6.45, 7) is 5.08. The third-order valence-corrected chi connectivity index (χ3v) is 2.66. The summed E-state index contributed by atoms with van der Waals surface area (Å²) in [6.07, 6.45) is 6.72. The van der Waals surface area contributed by atoms with Gasteiger partial charge in [0, 0.05) is 19.2 Å². The van der Waals surface area contributed by atoms with E-state index in [1.807, 2.05) is 19.1 Å². The molecule has 17 heavy (non-hydrogen) atoms. The van der Waals surface area contributed by atoms with Crippen molar-refractivity contribution in [3.63, 3.8) is 0 Å². The minimum Gasteiger partial charge on any atom is -0.369 e. The highest BCUT2D eigenvalue weighted by Gasteiger charge is 2.10. The predicted octanol–water partition coefficient (Wildman–Crippen LogP) is 3.67. The van der Waals surface area contributed by atoms with Gasteiger partial charge in [0.25, 0.3) is 0 Å². The van der Waals surface area contributed by atoms with Crippen LogP contribution >= 0.6 is 0 Å². The van der Waals surface area contributed by atoms with Crippen LogP contribution in [0.25, 0.3) is 0 Å². The van der Waals surface area contributed by atoms with Crippen molar-refractivity contribution < 1.29 is 4.79 Å². The minimum atomic E-state index is 0.179. The molecule has 0 unspecified atom stereocenters. The summed E-state index contributed by atoms with van der Waals surface area (Å²) < 4.78 is 0. The number of ketones is 1. The first-order chi connectivity index (χ1) is 8.29. The van der Waals surface area contributed by atoms with Gasteiger partial charge < -0.3 is 5.32 Å². The number of rotatable bonds is 8. The first-order valence-corrected chi connectivity index (χ1v) is 6.51. The maximum absolute atomic E-state index is 11.9. The van der Waals surface area contributed by atoms with Gasteiger partial charge in [-0.15, -0.1) is 0 Å². The molecule has 1 heterocycles. The van der Waals surface area contributed by atoms with Crippen molar-refractivity contribution in [1.82, 2.24) is 4.98 Å². The molecule has 0 aliphatic carbocycles. The monoisotopic (exact) mass is 234 g/mol. The fraction of sp³-hybridized carbons (Fsp3) is 0.571. The molecule has 0 fully saturated rings. The van der Waals surface area contributed by atoms with Crippen molar-refractivity contribution in [2.24, 2.45) is 0 Å². The first kappa shape index (κ1) is 13.7. The molecule has 0 amide bonds. The standard InChI is InChI=1S/C14H22N2O/c1-3-5-6-10-15-14-12(9-7-11-16-14)13(17)8-4-2/h7,9,11H,3-6,8,10H2,1-2H3,(H,15,16). The van der Waals surface area contributed by atoms with Gasteiger partial charge in [0.05, 0.1) is 5.56 Å². The Labute approximate surface area is 104 Å². The molecule has 0 saturated heterocycles. The molecule has 1 aromatic heterocycles. The van der Waals surface area contributed by atoms with E-state index in [4.69, 9.17) is 0 Å². The molecule has 0 aromatic carbocycles. The number of aromatic nitrogens is 1. The van der Waals surface area contributed by atoms with E-state index in [1.165, 1.54) is 12.8 Å². The molecule has 3 heteroatoms. The van der Waals surface area contributed by atoms with Gasteiger partial charge in [0.1, 0.15) is 5.82 Å². The van der Waals surface area contributed by atoms with Gasteiger partial charge in [-0.25, -0.2) is 4.98 Å². The van der Waals surface area contributed by atoms with Gasteiger partial charge in [-0.05, 0) is 25.0 Å². The summed E-state index contributed by atoms with van der Waals surface area (Å²) >= 11 is 0. The molecule has 0 radical (unpaired) electrons. The zero-order chi connectivity index (χ0) is 12.5. The maximum atomic E-state index is 11.9. The zero-order valence-electron chi connectivity index (χ0n) is 10.8. The lowest BCUT2D eigenvalue weighted by Crippen LogP contribution is -2.09. The molecular weight excluding hydrogens is 212 g/mol. The summed E-state index contributed by atoms with van der Waals surface area (Å²) in [5.41, 5.74) is 0.728. The van der Waals surface area contributed by atoms with E-state index in [-0.39, 0.29) is 5.78 Å². The molecule has 0 bridgehead atoms. The second-order valence-corrected chi connectivity index (χ2v) is 4.21.